The van der Waals surface area contributed by atoms with E-state index in [1.807, 2.05) is 0 Å². The standard InChI is InChI=1S/C16H20FNO3/c17-14-7-5-6-13(12-14)9-10-15(19)18-11-4-2-1-3-8-16(20)21/h5-7,9-10,12H,1-4,8,11H2,(H,18,19)(H,20,21)/b10-9+. The molecule has 0 bridgehead atoms. The van der Waals surface area contributed by atoms with Gasteiger partial charge in [-0.3, -0.25) is 9.59 Å². The summed E-state index contributed by atoms with van der Waals surface area (Å²) in [5.74, 6) is -1.32. The van der Waals surface area contributed by atoms with Gasteiger partial charge in [-0.15, -0.1) is 0 Å². The van der Waals surface area contributed by atoms with Crippen molar-refractivity contribution in [2.24, 2.45) is 0 Å². The van der Waals surface area contributed by atoms with Crippen LogP contribution in [-0.4, -0.2) is 23.5 Å². The fourth-order valence-corrected chi connectivity index (χ4v) is 1.81. The van der Waals surface area contributed by atoms with Crippen molar-refractivity contribution >= 4 is 18.0 Å². The highest BCUT2D eigenvalue weighted by Gasteiger charge is 1.98. The maximum absolute atomic E-state index is 12.9. The number of rotatable bonds is 9. The van der Waals surface area contributed by atoms with Gasteiger partial charge in [0.05, 0.1) is 0 Å². The molecule has 2 N–H and O–H groups in total. The summed E-state index contributed by atoms with van der Waals surface area (Å²) in [7, 11) is 0. The van der Waals surface area contributed by atoms with Crippen molar-refractivity contribution in [3.8, 4) is 0 Å². The Labute approximate surface area is 123 Å². The number of halogens is 1. The Morgan fingerprint density at radius 1 is 1.19 bits per heavy atom. The molecule has 0 saturated heterocycles. The fraction of sp³-hybridized carbons (Fsp3) is 0.375. The van der Waals surface area contributed by atoms with Crippen molar-refractivity contribution in [3.63, 3.8) is 0 Å². The molecule has 0 unspecified atom stereocenters. The average molecular weight is 293 g/mol. The van der Waals surface area contributed by atoms with Gasteiger partial charge in [-0.25, -0.2) is 4.39 Å². The Morgan fingerprint density at radius 3 is 2.67 bits per heavy atom. The Hall–Kier alpha value is -2.17. The number of nitrogens with one attached hydrogen (secondary N) is 1. The van der Waals surface area contributed by atoms with Crippen LogP contribution in [0.25, 0.3) is 6.08 Å². The largest absolute Gasteiger partial charge is 0.481 e. The van der Waals surface area contributed by atoms with Gasteiger partial charge in [-0.1, -0.05) is 25.0 Å². The first-order valence-electron chi connectivity index (χ1n) is 7.01. The SMILES string of the molecule is O=C(O)CCCCCCNC(=O)/C=C/c1cccc(F)c1. The lowest BCUT2D eigenvalue weighted by atomic mass is 10.1. The molecule has 0 atom stereocenters. The zero-order valence-electron chi connectivity index (χ0n) is 11.8. The summed E-state index contributed by atoms with van der Waals surface area (Å²) in [6.45, 7) is 0.555. The molecule has 1 aromatic carbocycles. The summed E-state index contributed by atoms with van der Waals surface area (Å²) in [6.07, 6.45) is 6.36. The van der Waals surface area contributed by atoms with E-state index in [1.165, 1.54) is 18.2 Å². The van der Waals surface area contributed by atoms with E-state index in [9.17, 15) is 14.0 Å². The summed E-state index contributed by atoms with van der Waals surface area (Å²) in [4.78, 5) is 21.8. The third-order valence-corrected chi connectivity index (χ3v) is 2.89. The number of carbonyl (C=O) groups is 2. The van der Waals surface area contributed by atoms with Crippen LogP contribution in [0.3, 0.4) is 0 Å². The zero-order valence-corrected chi connectivity index (χ0v) is 11.8. The molecule has 0 radical (unpaired) electrons. The Morgan fingerprint density at radius 2 is 1.95 bits per heavy atom. The van der Waals surface area contributed by atoms with Crippen LogP contribution in [0, 0.1) is 5.82 Å². The molecule has 0 fully saturated rings. The minimum atomic E-state index is -0.772. The Balaban J connectivity index is 2.12. The predicted molar refractivity (Wildman–Crippen MR) is 79.2 cm³/mol. The smallest absolute Gasteiger partial charge is 0.303 e. The lowest BCUT2D eigenvalue weighted by molar-refractivity contribution is -0.137. The molecule has 0 heterocycles. The number of unbranched alkanes of at least 4 members (excludes halogenated alkanes) is 3. The van der Waals surface area contributed by atoms with E-state index in [-0.39, 0.29) is 18.1 Å². The van der Waals surface area contributed by atoms with E-state index in [0.717, 1.165) is 19.3 Å². The van der Waals surface area contributed by atoms with E-state index in [4.69, 9.17) is 5.11 Å². The minimum absolute atomic E-state index is 0.197. The number of carboxylic acid groups (broad SMARTS) is 1. The third kappa shape index (κ3) is 8.57. The summed E-state index contributed by atoms with van der Waals surface area (Å²) in [5.41, 5.74) is 0.638. The molecule has 4 nitrogen and oxygen atoms in total. The van der Waals surface area contributed by atoms with E-state index in [1.54, 1.807) is 18.2 Å². The van der Waals surface area contributed by atoms with E-state index < -0.39 is 5.97 Å². The van der Waals surface area contributed by atoms with Gasteiger partial charge in [0.25, 0.3) is 0 Å². The molecule has 0 aromatic heterocycles. The lowest BCUT2D eigenvalue weighted by Crippen LogP contribution is -2.21. The number of carboxylic acids is 1. The van der Waals surface area contributed by atoms with Gasteiger partial charge < -0.3 is 10.4 Å². The minimum Gasteiger partial charge on any atom is -0.481 e. The van der Waals surface area contributed by atoms with Crippen molar-refractivity contribution in [2.75, 3.05) is 6.54 Å². The van der Waals surface area contributed by atoms with Gasteiger partial charge in [0.1, 0.15) is 5.82 Å². The van der Waals surface area contributed by atoms with Crippen molar-refractivity contribution in [2.45, 2.75) is 32.1 Å². The third-order valence-electron chi connectivity index (χ3n) is 2.89. The van der Waals surface area contributed by atoms with E-state index in [0.29, 0.717) is 18.5 Å². The van der Waals surface area contributed by atoms with Crippen molar-refractivity contribution in [1.29, 1.82) is 0 Å². The van der Waals surface area contributed by atoms with Crippen LogP contribution in [0.1, 0.15) is 37.7 Å². The first-order chi connectivity index (χ1) is 10.1. The molecule has 1 rings (SSSR count). The van der Waals surface area contributed by atoms with Gasteiger partial charge in [-0.2, -0.15) is 0 Å². The van der Waals surface area contributed by atoms with Crippen LogP contribution >= 0.6 is 0 Å². The second kappa shape index (κ2) is 9.69. The monoisotopic (exact) mass is 293 g/mol. The summed E-state index contributed by atoms with van der Waals surface area (Å²) >= 11 is 0. The van der Waals surface area contributed by atoms with Crippen LogP contribution in [-0.2, 0) is 9.59 Å². The highest BCUT2D eigenvalue weighted by Crippen LogP contribution is 2.05. The quantitative estimate of drug-likeness (QED) is 0.543. The van der Waals surface area contributed by atoms with Gasteiger partial charge in [-0.05, 0) is 36.6 Å². The maximum Gasteiger partial charge on any atom is 0.303 e. The predicted octanol–water partition coefficient (Wildman–Crippen LogP) is 2.99. The second-order valence-electron chi connectivity index (χ2n) is 4.74. The molecule has 5 heteroatoms. The van der Waals surface area contributed by atoms with Gasteiger partial charge in [0.2, 0.25) is 5.91 Å². The first-order valence-corrected chi connectivity index (χ1v) is 7.01. The Bertz CT molecular complexity index is 500. The Kier molecular flexibility index (Phi) is 7.79. The van der Waals surface area contributed by atoms with Gasteiger partial charge in [0, 0.05) is 19.0 Å². The topological polar surface area (TPSA) is 66.4 Å². The number of aliphatic carboxylic acids is 1. The lowest BCUT2D eigenvalue weighted by Gasteiger charge is -2.02. The van der Waals surface area contributed by atoms with Gasteiger partial charge >= 0.3 is 5.97 Å². The second-order valence-corrected chi connectivity index (χ2v) is 4.74. The van der Waals surface area contributed by atoms with Crippen LogP contribution < -0.4 is 5.32 Å². The average Bonchev–Trinajstić information content (AvgIpc) is 2.44. The molecule has 0 spiro atoms. The number of carbonyl (C=O) groups excluding carboxylic acids is 1. The van der Waals surface area contributed by atoms with Crippen molar-refractivity contribution < 1.29 is 19.1 Å². The number of hydrogen-bond acceptors (Lipinski definition) is 2. The summed E-state index contributed by atoms with van der Waals surface area (Å²) < 4.78 is 12.9. The number of amides is 1. The molecule has 0 saturated carbocycles. The molecule has 0 aliphatic rings. The van der Waals surface area contributed by atoms with E-state index >= 15 is 0 Å². The maximum atomic E-state index is 12.9. The molecule has 1 aromatic rings. The van der Waals surface area contributed by atoms with Crippen molar-refractivity contribution in [3.05, 3.63) is 41.7 Å². The number of hydrogen-bond donors (Lipinski definition) is 2. The molecular formula is C16H20FNO3. The van der Waals surface area contributed by atoms with Gasteiger partial charge in [0.15, 0.2) is 0 Å². The summed E-state index contributed by atoms with van der Waals surface area (Å²) in [6, 6.07) is 6.01. The zero-order chi connectivity index (χ0) is 15.5. The van der Waals surface area contributed by atoms with Crippen LogP contribution in [0.15, 0.2) is 30.3 Å². The van der Waals surface area contributed by atoms with Crippen LogP contribution in [0.5, 0.6) is 0 Å². The fourth-order valence-electron chi connectivity index (χ4n) is 1.81. The van der Waals surface area contributed by atoms with Crippen LogP contribution in [0.2, 0.25) is 0 Å². The van der Waals surface area contributed by atoms with Crippen molar-refractivity contribution in [1.82, 2.24) is 5.32 Å². The molecule has 0 aliphatic heterocycles. The normalized spacial score (nSPS) is 10.7. The number of benzene rings is 1. The molecular weight excluding hydrogens is 273 g/mol. The van der Waals surface area contributed by atoms with Crippen LogP contribution in [0.4, 0.5) is 4.39 Å². The molecule has 0 aliphatic carbocycles. The highest BCUT2D eigenvalue weighted by molar-refractivity contribution is 5.91. The first kappa shape index (κ1) is 16.9. The highest BCUT2D eigenvalue weighted by atomic mass is 19.1. The van der Waals surface area contributed by atoms with E-state index in [2.05, 4.69) is 5.32 Å². The molecule has 114 valence electrons. The molecule has 1 amide bonds. The molecule has 21 heavy (non-hydrogen) atoms. The summed E-state index contributed by atoms with van der Waals surface area (Å²) in [5, 5.41) is 11.2.